The Labute approximate surface area is 154 Å². The Morgan fingerprint density at radius 3 is 2.50 bits per heavy atom. The topological polar surface area (TPSA) is 74.6 Å². The maximum atomic E-state index is 12.7. The highest BCUT2D eigenvalue weighted by Gasteiger charge is 2.38. The Bertz CT molecular complexity index is 712. The molecule has 1 amide bonds. The number of carboxylic acids is 1. The lowest BCUT2D eigenvalue weighted by molar-refractivity contribution is -0.139. The van der Waals surface area contributed by atoms with Crippen LogP contribution < -0.4 is 5.32 Å². The summed E-state index contributed by atoms with van der Waals surface area (Å²) in [7, 11) is 0. The van der Waals surface area contributed by atoms with Gasteiger partial charge in [0.25, 0.3) is 5.91 Å². The van der Waals surface area contributed by atoms with Crippen molar-refractivity contribution in [1.29, 1.82) is 0 Å². The highest BCUT2D eigenvalue weighted by atomic mass is 16.4. The number of nitrogens with zero attached hydrogens (tertiary/aromatic N) is 2. The van der Waals surface area contributed by atoms with Crippen LogP contribution in [0.25, 0.3) is 0 Å². The number of carbonyl (C=O) groups is 2. The summed E-state index contributed by atoms with van der Waals surface area (Å²) in [5, 5.41) is 12.3. The Hall–Kier alpha value is -1.82. The molecule has 0 atom stereocenters. The maximum absolute atomic E-state index is 12.7. The first kappa shape index (κ1) is 17.6. The molecule has 1 aromatic heterocycles. The molecule has 6 heteroatoms. The van der Waals surface area contributed by atoms with Gasteiger partial charge in [-0.25, -0.2) is 0 Å². The van der Waals surface area contributed by atoms with E-state index < -0.39 is 5.97 Å². The Balaban J connectivity index is 1.32. The molecule has 26 heavy (non-hydrogen) atoms. The SMILES string of the molecule is Cc1cc(C(=O)NC2CC(N(CC(=O)O)CC3CC3)C2)c(C)n1C1CC1. The zero-order valence-corrected chi connectivity index (χ0v) is 15.7. The number of hydrogen-bond acceptors (Lipinski definition) is 3. The average molecular weight is 359 g/mol. The van der Waals surface area contributed by atoms with Gasteiger partial charge in [0.1, 0.15) is 0 Å². The van der Waals surface area contributed by atoms with Crippen molar-refractivity contribution in [2.24, 2.45) is 5.92 Å². The summed E-state index contributed by atoms with van der Waals surface area (Å²) in [6.45, 7) is 5.11. The number of rotatable bonds is 8. The van der Waals surface area contributed by atoms with Gasteiger partial charge in [0.15, 0.2) is 0 Å². The maximum Gasteiger partial charge on any atom is 0.317 e. The second-order valence-electron chi connectivity index (χ2n) is 8.45. The molecule has 3 saturated carbocycles. The van der Waals surface area contributed by atoms with Gasteiger partial charge < -0.3 is 15.0 Å². The molecule has 3 fully saturated rings. The molecule has 2 N–H and O–H groups in total. The quantitative estimate of drug-likeness (QED) is 0.748. The first-order chi connectivity index (χ1) is 12.4. The van der Waals surface area contributed by atoms with Crippen molar-refractivity contribution in [2.45, 2.75) is 70.5 Å². The van der Waals surface area contributed by atoms with E-state index in [4.69, 9.17) is 5.11 Å². The first-order valence-electron chi connectivity index (χ1n) is 9.87. The van der Waals surface area contributed by atoms with Crippen LogP contribution in [-0.2, 0) is 4.79 Å². The molecule has 0 aromatic carbocycles. The zero-order chi connectivity index (χ0) is 18.4. The predicted molar refractivity (Wildman–Crippen MR) is 98.4 cm³/mol. The van der Waals surface area contributed by atoms with E-state index in [9.17, 15) is 9.59 Å². The van der Waals surface area contributed by atoms with E-state index in [1.165, 1.54) is 31.4 Å². The third-order valence-corrected chi connectivity index (χ3v) is 6.13. The minimum Gasteiger partial charge on any atom is -0.480 e. The van der Waals surface area contributed by atoms with Gasteiger partial charge in [0, 0.05) is 36.1 Å². The second-order valence-corrected chi connectivity index (χ2v) is 8.45. The third-order valence-electron chi connectivity index (χ3n) is 6.13. The number of nitrogens with one attached hydrogen (secondary N) is 1. The number of amides is 1. The van der Waals surface area contributed by atoms with Crippen molar-refractivity contribution in [3.05, 3.63) is 23.0 Å². The van der Waals surface area contributed by atoms with Crippen molar-refractivity contribution in [2.75, 3.05) is 13.1 Å². The van der Waals surface area contributed by atoms with Crippen LogP contribution >= 0.6 is 0 Å². The van der Waals surface area contributed by atoms with Crippen LogP contribution in [0, 0.1) is 19.8 Å². The van der Waals surface area contributed by atoms with Crippen LogP contribution in [0.15, 0.2) is 6.07 Å². The summed E-state index contributed by atoms with van der Waals surface area (Å²) in [5.41, 5.74) is 3.02. The second kappa shape index (κ2) is 6.72. The number of aryl methyl sites for hydroxylation is 1. The van der Waals surface area contributed by atoms with Gasteiger partial charge in [-0.3, -0.25) is 14.5 Å². The molecule has 1 aromatic rings. The normalized spacial score (nSPS) is 25.2. The molecule has 0 unspecified atom stereocenters. The Morgan fingerprint density at radius 2 is 1.92 bits per heavy atom. The molecule has 6 nitrogen and oxygen atoms in total. The summed E-state index contributed by atoms with van der Waals surface area (Å²) in [4.78, 5) is 25.9. The molecule has 0 radical (unpaired) electrons. The predicted octanol–water partition coefficient (Wildman–Crippen LogP) is 2.50. The van der Waals surface area contributed by atoms with Crippen LogP contribution in [0.4, 0.5) is 0 Å². The highest BCUT2D eigenvalue weighted by molar-refractivity contribution is 5.96. The monoisotopic (exact) mass is 359 g/mol. The number of aliphatic carboxylic acids is 1. The first-order valence-corrected chi connectivity index (χ1v) is 9.87. The fourth-order valence-electron chi connectivity index (χ4n) is 4.32. The molecule has 3 aliphatic rings. The number of carbonyl (C=O) groups excluding carboxylic acids is 1. The number of hydrogen-bond donors (Lipinski definition) is 2. The van der Waals surface area contributed by atoms with Crippen molar-refractivity contribution < 1.29 is 14.7 Å². The summed E-state index contributed by atoms with van der Waals surface area (Å²) >= 11 is 0. The summed E-state index contributed by atoms with van der Waals surface area (Å²) in [5.74, 6) is -0.0677. The standard InChI is InChI=1S/C20H29N3O3/c1-12-7-18(13(2)23(12)16-5-6-16)20(26)21-15-8-17(9-15)22(11-19(24)25)10-14-3-4-14/h7,14-17H,3-6,8-11H2,1-2H3,(H,21,26)(H,24,25). The molecular formula is C20H29N3O3. The molecule has 4 rings (SSSR count). The number of aromatic nitrogens is 1. The van der Waals surface area contributed by atoms with E-state index >= 15 is 0 Å². The molecule has 0 spiro atoms. The fourth-order valence-corrected chi connectivity index (χ4v) is 4.32. The van der Waals surface area contributed by atoms with Gasteiger partial charge in [-0.1, -0.05) is 0 Å². The summed E-state index contributed by atoms with van der Waals surface area (Å²) in [6.07, 6.45) is 6.57. The van der Waals surface area contributed by atoms with Gasteiger partial charge >= 0.3 is 5.97 Å². The molecule has 0 aliphatic heterocycles. The van der Waals surface area contributed by atoms with Gasteiger partial charge in [-0.05, 0) is 64.4 Å². The molecule has 0 bridgehead atoms. The van der Waals surface area contributed by atoms with Gasteiger partial charge in [-0.15, -0.1) is 0 Å². The van der Waals surface area contributed by atoms with Gasteiger partial charge in [-0.2, -0.15) is 0 Å². The van der Waals surface area contributed by atoms with Gasteiger partial charge in [0.2, 0.25) is 0 Å². The van der Waals surface area contributed by atoms with Crippen molar-refractivity contribution in [3.8, 4) is 0 Å². The molecular weight excluding hydrogens is 330 g/mol. The third kappa shape index (κ3) is 3.65. The Morgan fingerprint density at radius 1 is 1.23 bits per heavy atom. The van der Waals surface area contributed by atoms with Crippen LogP contribution in [0.2, 0.25) is 0 Å². The average Bonchev–Trinajstić information content (AvgIpc) is 3.43. The smallest absolute Gasteiger partial charge is 0.317 e. The van der Waals surface area contributed by atoms with Crippen molar-refractivity contribution in [3.63, 3.8) is 0 Å². The number of carboxylic acid groups (broad SMARTS) is 1. The van der Waals surface area contributed by atoms with E-state index in [0.29, 0.717) is 12.0 Å². The van der Waals surface area contributed by atoms with E-state index in [2.05, 4.69) is 21.7 Å². The van der Waals surface area contributed by atoms with E-state index in [0.717, 1.165) is 30.6 Å². The minimum absolute atomic E-state index is 0.0143. The zero-order valence-electron chi connectivity index (χ0n) is 15.7. The molecule has 3 aliphatic carbocycles. The van der Waals surface area contributed by atoms with E-state index in [1.54, 1.807) is 0 Å². The van der Waals surface area contributed by atoms with Crippen LogP contribution in [-0.4, -0.2) is 51.6 Å². The lowest BCUT2D eigenvalue weighted by Crippen LogP contribution is -2.55. The molecule has 0 saturated heterocycles. The molecule has 1 heterocycles. The largest absolute Gasteiger partial charge is 0.480 e. The highest BCUT2D eigenvalue weighted by Crippen LogP contribution is 2.38. The van der Waals surface area contributed by atoms with Crippen LogP contribution in [0.3, 0.4) is 0 Å². The van der Waals surface area contributed by atoms with Crippen LogP contribution in [0.1, 0.15) is 66.3 Å². The lowest BCUT2D eigenvalue weighted by Gasteiger charge is -2.42. The van der Waals surface area contributed by atoms with Gasteiger partial charge in [0.05, 0.1) is 12.1 Å². The Kier molecular flexibility index (Phi) is 4.55. The fraction of sp³-hybridized carbons (Fsp3) is 0.700. The van der Waals surface area contributed by atoms with Crippen LogP contribution in [0.5, 0.6) is 0 Å². The van der Waals surface area contributed by atoms with E-state index in [1.807, 2.05) is 13.0 Å². The summed E-state index contributed by atoms with van der Waals surface area (Å²) < 4.78 is 2.29. The summed E-state index contributed by atoms with van der Waals surface area (Å²) in [6, 6.07) is 3.03. The minimum atomic E-state index is -0.759. The van der Waals surface area contributed by atoms with Crippen molar-refractivity contribution >= 4 is 11.9 Å². The molecule has 142 valence electrons. The van der Waals surface area contributed by atoms with Crippen molar-refractivity contribution in [1.82, 2.24) is 14.8 Å². The lowest BCUT2D eigenvalue weighted by atomic mass is 9.85. The van der Waals surface area contributed by atoms with E-state index in [-0.39, 0.29) is 24.5 Å².